The monoisotopic (exact) mass is 353 g/mol. The molecule has 0 aliphatic heterocycles. The minimum absolute atomic E-state index is 0.0231. The van der Waals surface area contributed by atoms with Gasteiger partial charge in [0, 0.05) is 18.2 Å². The number of carbonyl (C=O) groups is 1. The lowest BCUT2D eigenvalue weighted by Crippen LogP contribution is -2.35. The largest absolute Gasteiger partial charge is 0.507 e. The molecule has 0 fully saturated rings. The number of benzene rings is 2. The summed E-state index contributed by atoms with van der Waals surface area (Å²) in [6, 6.07) is 9.97. The highest BCUT2D eigenvalue weighted by Crippen LogP contribution is 2.28. The van der Waals surface area contributed by atoms with Crippen molar-refractivity contribution in [3.05, 3.63) is 65.2 Å². The molecule has 2 aromatic carbocycles. The molecule has 2 atom stereocenters. The lowest BCUT2D eigenvalue weighted by Gasteiger charge is -2.19. The predicted octanol–water partition coefficient (Wildman–Crippen LogP) is 1.99. The number of hydrogen-bond acceptors (Lipinski definition) is 5. The normalized spacial score (nSPS) is 13.1. The molecule has 0 aromatic heterocycles. The van der Waals surface area contributed by atoms with Crippen molar-refractivity contribution in [1.29, 1.82) is 0 Å². The van der Waals surface area contributed by atoms with Crippen LogP contribution in [0.1, 0.15) is 17.2 Å². The molecule has 0 aliphatic rings. The first-order chi connectivity index (χ1) is 11.9. The molecule has 1 amide bonds. The van der Waals surface area contributed by atoms with Gasteiger partial charge in [-0.25, -0.2) is 13.6 Å². The topological polar surface area (TPSA) is 99.0 Å². The maximum atomic E-state index is 13.2. The van der Waals surface area contributed by atoms with Crippen LogP contribution in [0.4, 0.5) is 13.6 Å². The predicted molar refractivity (Wildman–Crippen MR) is 83.6 cm³/mol. The molecule has 2 rings (SSSR count). The molecular formula is C17H17F2NO5. The highest BCUT2D eigenvalue weighted by molar-refractivity contribution is 5.67. The molecular weight excluding hydrogens is 336 g/mol. The van der Waals surface area contributed by atoms with Gasteiger partial charge in [-0.15, -0.1) is 0 Å². The molecule has 0 radical (unpaired) electrons. The summed E-state index contributed by atoms with van der Waals surface area (Å²) in [5.74, 6) is -3.28. The van der Waals surface area contributed by atoms with Crippen LogP contribution < -0.4 is 5.32 Å². The Kier molecular flexibility index (Phi) is 6.26. The van der Waals surface area contributed by atoms with Gasteiger partial charge in [-0.05, 0) is 11.6 Å². The second kappa shape index (κ2) is 8.41. The zero-order valence-corrected chi connectivity index (χ0v) is 13.0. The number of phenolic OH excluding ortho intramolecular Hbond substituents is 1. The summed E-state index contributed by atoms with van der Waals surface area (Å²) >= 11 is 0. The van der Waals surface area contributed by atoms with Crippen molar-refractivity contribution in [3.8, 4) is 5.75 Å². The Morgan fingerprint density at radius 1 is 1.12 bits per heavy atom. The standard InChI is InChI=1S/C17H17F2NO5/c18-12-6-11(14(21)7-13(12)19)16(23)15(22)8-20-17(24)25-9-10-4-2-1-3-5-10/h1-7,15-16,21-23H,8-9H2,(H,20,24). The Hall–Kier alpha value is -2.71. The molecule has 4 N–H and O–H groups in total. The van der Waals surface area contributed by atoms with E-state index in [1.54, 1.807) is 24.3 Å². The highest BCUT2D eigenvalue weighted by Gasteiger charge is 2.24. The van der Waals surface area contributed by atoms with Gasteiger partial charge >= 0.3 is 6.09 Å². The van der Waals surface area contributed by atoms with Crippen LogP contribution in [0, 0.1) is 11.6 Å². The van der Waals surface area contributed by atoms with Crippen molar-refractivity contribution in [3.63, 3.8) is 0 Å². The highest BCUT2D eigenvalue weighted by atomic mass is 19.2. The van der Waals surface area contributed by atoms with Crippen LogP contribution in [-0.2, 0) is 11.3 Å². The van der Waals surface area contributed by atoms with Gasteiger partial charge in [-0.1, -0.05) is 30.3 Å². The van der Waals surface area contributed by atoms with Crippen molar-refractivity contribution >= 4 is 6.09 Å². The van der Waals surface area contributed by atoms with Crippen molar-refractivity contribution in [2.75, 3.05) is 6.54 Å². The van der Waals surface area contributed by atoms with E-state index in [-0.39, 0.29) is 6.61 Å². The van der Waals surface area contributed by atoms with Gasteiger partial charge in [-0.3, -0.25) is 0 Å². The smallest absolute Gasteiger partial charge is 0.407 e. The Balaban J connectivity index is 1.86. The van der Waals surface area contributed by atoms with E-state index < -0.39 is 47.8 Å². The van der Waals surface area contributed by atoms with Crippen LogP contribution in [0.5, 0.6) is 5.75 Å². The number of amides is 1. The van der Waals surface area contributed by atoms with Crippen LogP contribution in [0.15, 0.2) is 42.5 Å². The van der Waals surface area contributed by atoms with E-state index >= 15 is 0 Å². The summed E-state index contributed by atoms with van der Waals surface area (Å²) in [5.41, 5.74) is 0.371. The van der Waals surface area contributed by atoms with E-state index in [1.807, 2.05) is 6.07 Å². The number of nitrogens with one attached hydrogen (secondary N) is 1. The number of aliphatic hydroxyl groups is 2. The van der Waals surface area contributed by atoms with Crippen molar-refractivity contribution in [2.45, 2.75) is 18.8 Å². The maximum Gasteiger partial charge on any atom is 0.407 e. The number of aromatic hydroxyl groups is 1. The second-order valence-corrected chi connectivity index (χ2v) is 5.28. The SMILES string of the molecule is O=C(NCC(O)C(O)c1cc(F)c(F)cc1O)OCc1ccccc1. The van der Waals surface area contributed by atoms with Crippen LogP contribution in [0.3, 0.4) is 0 Å². The number of halogens is 2. The molecule has 0 saturated heterocycles. The molecule has 6 nitrogen and oxygen atoms in total. The van der Waals surface area contributed by atoms with Gasteiger partial charge in [0.1, 0.15) is 24.6 Å². The minimum Gasteiger partial charge on any atom is -0.507 e. The van der Waals surface area contributed by atoms with Crippen molar-refractivity contribution in [2.24, 2.45) is 0 Å². The number of rotatable bonds is 6. The van der Waals surface area contributed by atoms with Crippen LogP contribution in [-0.4, -0.2) is 34.1 Å². The third-order valence-electron chi connectivity index (χ3n) is 3.42. The minimum atomic E-state index is -1.73. The van der Waals surface area contributed by atoms with Gasteiger partial charge in [0.15, 0.2) is 11.6 Å². The Labute approximate surface area is 142 Å². The molecule has 8 heteroatoms. The van der Waals surface area contributed by atoms with E-state index in [2.05, 4.69) is 5.32 Å². The first kappa shape index (κ1) is 18.6. The lowest BCUT2D eigenvalue weighted by molar-refractivity contribution is 0.0169. The summed E-state index contributed by atoms with van der Waals surface area (Å²) in [6.07, 6.45) is -4.13. The molecule has 0 heterocycles. The molecule has 0 aliphatic carbocycles. The number of ether oxygens (including phenoxy) is 1. The zero-order valence-electron chi connectivity index (χ0n) is 13.0. The van der Waals surface area contributed by atoms with Gasteiger partial charge in [0.2, 0.25) is 0 Å². The Morgan fingerprint density at radius 3 is 2.44 bits per heavy atom. The maximum absolute atomic E-state index is 13.2. The summed E-state index contributed by atoms with van der Waals surface area (Å²) in [5, 5.41) is 31.5. The second-order valence-electron chi connectivity index (χ2n) is 5.28. The molecule has 2 unspecified atom stereocenters. The first-order valence-corrected chi connectivity index (χ1v) is 7.37. The zero-order chi connectivity index (χ0) is 18.4. The number of hydrogen-bond donors (Lipinski definition) is 4. The fourth-order valence-electron chi connectivity index (χ4n) is 2.07. The van der Waals surface area contributed by atoms with Gasteiger partial charge in [0.05, 0.1) is 0 Å². The van der Waals surface area contributed by atoms with Crippen LogP contribution >= 0.6 is 0 Å². The number of aliphatic hydroxyl groups excluding tert-OH is 2. The molecule has 0 bridgehead atoms. The summed E-state index contributed by atoms with van der Waals surface area (Å²) in [6.45, 7) is -0.400. The van der Waals surface area contributed by atoms with E-state index in [4.69, 9.17) is 4.74 Å². The average molecular weight is 353 g/mol. The quantitative estimate of drug-likeness (QED) is 0.637. The number of carbonyl (C=O) groups excluding carboxylic acids is 1. The first-order valence-electron chi connectivity index (χ1n) is 7.37. The average Bonchev–Trinajstić information content (AvgIpc) is 2.61. The summed E-state index contributed by atoms with van der Waals surface area (Å²) in [4.78, 5) is 11.6. The van der Waals surface area contributed by atoms with Crippen LogP contribution in [0.25, 0.3) is 0 Å². The lowest BCUT2D eigenvalue weighted by atomic mass is 10.0. The number of phenols is 1. The molecule has 134 valence electrons. The van der Waals surface area contributed by atoms with Gasteiger partial charge in [-0.2, -0.15) is 0 Å². The van der Waals surface area contributed by atoms with Gasteiger partial charge < -0.3 is 25.4 Å². The van der Waals surface area contributed by atoms with E-state index in [1.165, 1.54) is 0 Å². The summed E-state index contributed by atoms with van der Waals surface area (Å²) < 4.78 is 31.1. The Morgan fingerprint density at radius 2 is 1.76 bits per heavy atom. The number of alkyl carbamates (subject to hydrolysis) is 1. The third-order valence-corrected chi connectivity index (χ3v) is 3.42. The Bertz CT molecular complexity index is 726. The summed E-state index contributed by atoms with van der Waals surface area (Å²) in [7, 11) is 0. The molecule has 25 heavy (non-hydrogen) atoms. The van der Waals surface area contributed by atoms with Gasteiger partial charge in [0.25, 0.3) is 0 Å². The van der Waals surface area contributed by atoms with E-state index in [0.29, 0.717) is 12.1 Å². The van der Waals surface area contributed by atoms with Crippen molar-refractivity contribution < 1.29 is 33.6 Å². The molecule has 0 spiro atoms. The van der Waals surface area contributed by atoms with Crippen molar-refractivity contribution in [1.82, 2.24) is 5.32 Å². The van der Waals surface area contributed by atoms with E-state index in [9.17, 15) is 28.9 Å². The fourth-order valence-corrected chi connectivity index (χ4v) is 2.07. The van der Waals surface area contributed by atoms with Crippen LogP contribution in [0.2, 0.25) is 0 Å². The fraction of sp³-hybridized carbons (Fsp3) is 0.235. The molecule has 2 aromatic rings. The molecule has 0 saturated carbocycles. The third kappa shape index (κ3) is 5.13. The van der Waals surface area contributed by atoms with E-state index in [0.717, 1.165) is 5.56 Å².